The molecule has 0 saturated carbocycles. The molecule has 3 rings (SSSR count). The standard InChI is InChI=1S/C15H20ClN3S/c1-3-19-13(15(16)10(2)18-19)9-17-12-5-4-6-14-11(12)7-8-20-14/h7-8,12,17H,3-6,9H2,1-2H3. The molecule has 0 spiro atoms. The summed E-state index contributed by atoms with van der Waals surface area (Å²) in [7, 11) is 0. The molecule has 1 unspecified atom stereocenters. The first-order chi connectivity index (χ1) is 9.70. The fraction of sp³-hybridized carbons (Fsp3) is 0.533. The molecule has 0 fully saturated rings. The van der Waals surface area contributed by atoms with E-state index in [1.807, 2.05) is 22.9 Å². The zero-order valence-electron chi connectivity index (χ0n) is 11.9. The molecule has 2 aromatic rings. The topological polar surface area (TPSA) is 29.9 Å². The van der Waals surface area contributed by atoms with Crippen molar-refractivity contribution in [1.29, 1.82) is 0 Å². The molecule has 0 amide bonds. The van der Waals surface area contributed by atoms with Gasteiger partial charge in [-0.15, -0.1) is 11.3 Å². The predicted octanol–water partition coefficient (Wildman–Crippen LogP) is 4.09. The summed E-state index contributed by atoms with van der Waals surface area (Å²) in [5.41, 5.74) is 3.51. The third-order valence-electron chi connectivity index (χ3n) is 4.02. The molecule has 1 N–H and O–H groups in total. The number of nitrogens with zero attached hydrogens (tertiary/aromatic N) is 2. The second kappa shape index (κ2) is 5.88. The number of nitrogens with one attached hydrogen (secondary N) is 1. The lowest BCUT2D eigenvalue weighted by atomic mass is 9.94. The van der Waals surface area contributed by atoms with Crippen molar-refractivity contribution in [3.8, 4) is 0 Å². The summed E-state index contributed by atoms with van der Waals surface area (Å²) in [5.74, 6) is 0. The summed E-state index contributed by atoms with van der Waals surface area (Å²) in [4.78, 5) is 1.54. The maximum atomic E-state index is 6.37. The molecule has 0 saturated heterocycles. The van der Waals surface area contributed by atoms with E-state index in [2.05, 4.69) is 28.8 Å². The van der Waals surface area contributed by atoms with Crippen LogP contribution in [-0.2, 0) is 19.5 Å². The second-order valence-electron chi connectivity index (χ2n) is 5.29. The molecule has 108 valence electrons. The quantitative estimate of drug-likeness (QED) is 0.921. The number of hydrogen-bond acceptors (Lipinski definition) is 3. The Morgan fingerprint density at radius 1 is 1.55 bits per heavy atom. The van der Waals surface area contributed by atoms with Crippen LogP contribution in [-0.4, -0.2) is 9.78 Å². The van der Waals surface area contributed by atoms with Crippen LogP contribution in [0.15, 0.2) is 11.4 Å². The summed E-state index contributed by atoms with van der Waals surface area (Å²) >= 11 is 8.25. The molecule has 2 heterocycles. The number of rotatable bonds is 4. The molecule has 0 aliphatic heterocycles. The molecule has 20 heavy (non-hydrogen) atoms. The number of hydrogen-bond donors (Lipinski definition) is 1. The van der Waals surface area contributed by atoms with Crippen molar-refractivity contribution in [2.24, 2.45) is 0 Å². The van der Waals surface area contributed by atoms with Gasteiger partial charge < -0.3 is 5.32 Å². The highest BCUT2D eigenvalue weighted by atomic mass is 35.5. The Kier molecular flexibility index (Phi) is 4.15. The van der Waals surface area contributed by atoms with Gasteiger partial charge in [-0.25, -0.2) is 0 Å². The number of aryl methyl sites for hydroxylation is 3. The Hall–Kier alpha value is -0.840. The van der Waals surface area contributed by atoms with E-state index < -0.39 is 0 Å². The lowest BCUT2D eigenvalue weighted by Gasteiger charge is -2.24. The van der Waals surface area contributed by atoms with E-state index in [0.29, 0.717) is 6.04 Å². The van der Waals surface area contributed by atoms with Crippen LogP contribution in [0.25, 0.3) is 0 Å². The minimum atomic E-state index is 0.460. The van der Waals surface area contributed by atoms with Gasteiger partial charge in [0.2, 0.25) is 0 Å². The molecular formula is C15H20ClN3S. The number of aromatic nitrogens is 2. The van der Waals surface area contributed by atoms with Gasteiger partial charge in [-0.3, -0.25) is 4.68 Å². The lowest BCUT2D eigenvalue weighted by molar-refractivity contribution is 0.450. The normalized spacial score (nSPS) is 18.2. The van der Waals surface area contributed by atoms with E-state index in [1.54, 1.807) is 4.88 Å². The summed E-state index contributed by atoms with van der Waals surface area (Å²) in [6.07, 6.45) is 3.71. The Labute approximate surface area is 129 Å². The van der Waals surface area contributed by atoms with Crippen molar-refractivity contribution in [2.75, 3.05) is 0 Å². The van der Waals surface area contributed by atoms with Crippen LogP contribution in [0.4, 0.5) is 0 Å². The summed E-state index contributed by atoms with van der Waals surface area (Å²) in [5, 5.41) is 11.2. The van der Waals surface area contributed by atoms with Crippen LogP contribution >= 0.6 is 22.9 Å². The van der Waals surface area contributed by atoms with Gasteiger partial charge in [-0.1, -0.05) is 11.6 Å². The van der Waals surface area contributed by atoms with Crippen LogP contribution in [0, 0.1) is 6.92 Å². The molecule has 1 aliphatic carbocycles. The molecule has 2 aromatic heterocycles. The SMILES string of the molecule is CCn1nc(C)c(Cl)c1CNC1CCCc2sccc21. The van der Waals surface area contributed by atoms with Crippen LogP contribution < -0.4 is 5.32 Å². The zero-order valence-corrected chi connectivity index (χ0v) is 13.5. The number of fused-ring (bicyclic) bond motifs is 1. The van der Waals surface area contributed by atoms with Crippen molar-refractivity contribution in [1.82, 2.24) is 15.1 Å². The first kappa shape index (κ1) is 14.1. The molecular weight excluding hydrogens is 290 g/mol. The Balaban J connectivity index is 1.75. The van der Waals surface area contributed by atoms with Gasteiger partial charge in [0.25, 0.3) is 0 Å². The Bertz CT molecular complexity index is 602. The third kappa shape index (κ3) is 2.52. The largest absolute Gasteiger partial charge is 0.304 e. The fourth-order valence-corrected chi connectivity index (χ4v) is 4.15. The van der Waals surface area contributed by atoms with Crippen LogP contribution in [0.1, 0.15) is 47.6 Å². The second-order valence-corrected chi connectivity index (χ2v) is 6.67. The van der Waals surface area contributed by atoms with E-state index in [1.165, 1.54) is 24.8 Å². The number of halogens is 1. The molecule has 1 atom stereocenters. The van der Waals surface area contributed by atoms with E-state index in [9.17, 15) is 0 Å². The van der Waals surface area contributed by atoms with Crippen LogP contribution in [0.3, 0.4) is 0 Å². The van der Waals surface area contributed by atoms with Crippen LogP contribution in [0.2, 0.25) is 5.02 Å². The lowest BCUT2D eigenvalue weighted by Crippen LogP contribution is -2.25. The van der Waals surface area contributed by atoms with E-state index >= 15 is 0 Å². The third-order valence-corrected chi connectivity index (χ3v) is 5.51. The van der Waals surface area contributed by atoms with Gasteiger partial charge in [0.15, 0.2) is 0 Å². The molecule has 3 nitrogen and oxygen atoms in total. The van der Waals surface area contributed by atoms with Gasteiger partial charge in [-0.05, 0) is 50.1 Å². The Morgan fingerprint density at radius 3 is 3.20 bits per heavy atom. The molecule has 0 radical (unpaired) electrons. The average Bonchev–Trinajstić information content (AvgIpc) is 3.03. The monoisotopic (exact) mass is 309 g/mol. The van der Waals surface area contributed by atoms with Crippen molar-refractivity contribution < 1.29 is 0 Å². The van der Waals surface area contributed by atoms with E-state index in [4.69, 9.17) is 11.6 Å². The highest BCUT2D eigenvalue weighted by molar-refractivity contribution is 7.10. The highest BCUT2D eigenvalue weighted by Crippen LogP contribution is 2.33. The smallest absolute Gasteiger partial charge is 0.0860 e. The van der Waals surface area contributed by atoms with Gasteiger partial charge in [0.05, 0.1) is 16.4 Å². The van der Waals surface area contributed by atoms with Gasteiger partial charge in [-0.2, -0.15) is 5.10 Å². The van der Waals surface area contributed by atoms with Crippen molar-refractivity contribution >= 4 is 22.9 Å². The first-order valence-corrected chi connectivity index (χ1v) is 8.48. The Morgan fingerprint density at radius 2 is 2.40 bits per heavy atom. The van der Waals surface area contributed by atoms with Crippen LogP contribution in [0.5, 0.6) is 0 Å². The van der Waals surface area contributed by atoms with Gasteiger partial charge >= 0.3 is 0 Å². The zero-order chi connectivity index (χ0) is 14.1. The van der Waals surface area contributed by atoms with Gasteiger partial charge in [0.1, 0.15) is 0 Å². The summed E-state index contributed by atoms with van der Waals surface area (Å²) in [6.45, 7) is 5.71. The predicted molar refractivity (Wildman–Crippen MR) is 84.5 cm³/mol. The average molecular weight is 310 g/mol. The van der Waals surface area contributed by atoms with E-state index in [0.717, 1.165) is 29.5 Å². The number of thiophene rings is 1. The molecule has 0 aromatic carbocycles. The molecule has 1 aliphatic rings. The summed E-state index contributed by atoms with van der Waals surface area (Å²) in [6, 6.07) is 2.72. The van der Waals surface area contributed by atoms with Crippen molar-refractivity contribution in [3.05, 3.63) is 38.3 Å². The van der Waals surface area contributed by atoms with Gasteiger partial charge in [0, 0.05) is 24.0 Å². The molecule has 5 heteroatoms. The maximum Gasteiger partial charge on any atom is 0.0860 e. The molecule has 0 bridgehead atoms. The van der Waals surface area contributed by atoms with Crippen molar-refractivity contribution in [2.45, 2.75) is 52.2 Å². The minimum absolute atomic E-state index is 0.460. The minimum Gasteiger partial charge on any atom is -0.304 e. The highest BCUT2D eigenvalue weighted by Gasteiger charge is 2.22. The fourth-order valence-electron chi connectivity index (χ4n) is 2.96. The van der Waals surface area contributed by atoms with Crippen molar-refractivity contribution in [3.63, 3.8) is 0 Å². The van der Waals surface area contributed by atoms with E-state index in [-0.39, 0.29) is 0 Å². The first-order valence-electron chi connectivity index (χ1n) is 7.22. The summed E-state index contributed by atoms with van der Waals surface area (Å²) < 4.78 is 2.00. The maximum absolute atomic E-state index is 6.37.